The average Bonchev–Trinajstić information content (AvgIpc) is 2.22. The number of nitrogens with zero attached hydrogens (tertiary/aromatic N) is 1. The quantitative estimate of drug-likeness (QED) is 0.784. The highest BCUT2D eigenvalue weighted by Gasteiger charge is 2.01. The number of pyridine rings is 1. The lowest BCUT2D eigenvalue weighted by molar-refractivity contribution is 0.584. The van der Waals surface area contributed by atoms with Gasteiger partial charge in [-0.3, -0.25) is 0 Å². The van der Waals surface area contributed by atoms with E-state index >= 15 is 0 Å². The number of aryl methyl sites for hydroxylation is 1. The zero-order valence-corrected chi connectivity index (χ0v) is 8.67. The van der Waals surface area contributed by atoms with Crippen molar-refractivity contribution in [3.63, 3.8) is 0 Å². The lowest BCUT2D eigenvalue weighted by atomic mass is 10.2. The molecule has 1 N–H and O–H groups in total. The summed E-state index contributed by atoms with van der Waals surface area (Å²) in [6.07, 6.45) is 1.37. The van der Waals surface area contributed by atoms with Crippen molar-refractivity contribution in [1.82, 2.24) is 4.98 Å². The van der Waals surface area contributed by atoms with Crippen molar-refractivity contribution in [3.8, 4) is 0 Å². The second kappa shape index (κ2) is 4.26. The molecule has 2 nitrogen and oxygen atoms in total. The van der Waals surface area contributed by atoms with Crippen LogP contribution in [0.3, 0.4) is 0 Å². The molecule has 0 aliphatic carbocycles. The van der Waals surface area contributed by atoms with E-state index in [9.17, 15) is 8.78 Å². The summed E-state index contributed by atoms with van der Waals surface area (Å²) >= 11 is 0. The second-order valence-corrected chi connectivity index (χ2v) is 3.45. The van der Waals surface area contributed by atoms with Crippen molar-refractivity contribution < 1.29 is 8.78 Å². The highest BCUT2D eigenvalue weighted by atomic mass is 19.1. The monoisotopic (exact) mass is 220 g/mol. The normalized spacial score (nSPS) is 10.2. The van der Waals surface area contributed by atoms with Crippen LogP contribution in [0.4, 0.5) is 20.2 Å². The molecule has 0 atom stereocenters. The van der Waals surface area contributed by atoms with Crippen molar-refractivity contribution in [2.45, 2.75) is 6.92 Å². The first-order valence-corrected chi connectivity index (χ1v) is 4.80. The Hall–Kier alpha value is -1.97. The van der Waals surface area contributed by atoms with Gasteiger partial charge in [0.05, 0.1) is 0 Å². The average molecular weight is 220 g/mol. The molecule has 0 aliphatic heterocycles. The molecular weight excluding hydrogens is 210 g/mol. The number of hydrogen-bond acceptors (Lipinski definition) is 2. The summed E-state index contributed by atoms with van der Waals surface area (Å²) in [7, 11) is 0. The molecule has 16 heavy (non-hydrogen) atoms. The summed E-state index contributed by atoms with van der Waals surface area (Å²) in [5.41, 5.74) is 2.09. The van der Waals surface area contributed by atoms with Crippen LogP contribution in [0.5, 0.6) is 0 Å². The van der Waals surface area contributed by atoms with Gasteiger partial charge in [-0.15, -0.1) is 0 Å². The van der Waals surface area contributed by atoms with Crippen LogP contribution in [-0.4, -0.2) is 4.98 Å². The van der Waals surface area contributed by atoms with Gasteiger partial charge in [0.2, 0.25) is 5.95 Å². The van der Waals surface area contributed by atoms with Gasteiger partial charge in [0.15, 0.2) is 0 Å². The Labute approximate surface area is 92.0 Å². The van der Waals surface area contributed by atoms with Crippen LogP contribution >= 0.6 is 0 Å². The van der Waals surface area contributed by atoms with Crippen LogP contribution in [0.25, 0.3) is 0 Å². The minimum atomic E-state index is -0.551. The number of benzene rings is 1. The number of halogens is 2. The summed E-state index contributed by atoms with van der Waals surface area (Å²) < 4.78 is 25.7. The van der Waals surface area contributed by atoms with E-state index in [1.54, 1.807) is 19.1 Å². The molecule has 2 rings (SSSR count). The summed E-state index contributed by atoms with van der Waals surface area (Å²) in [4.78, 5) is 3.45. The summed E-state index contributed by atoms with van der Waals surface area (Å²) in [6.45, 7) is 1.78. The fourth-order valence-corrected chi connectivity index (χ4v) is 1.40. The Morgan fingerprint density at radius 2 is 1.94 bits per heavy atom. The highest BCUT2D eigenvalue weighted by molar-refractivity contribution is 5.62. The molecule has 0 bridgehead atoms. The zero-order valence-electron chi connectivity index (χ0n) is 8.67. The lowest BCUT2D eigenvalue weighted by Crippen LogP contribution is -1.95. The van der Waals surface area contributed by atoms with Crippen LogP contribution in [0.2, 0.25) is 0 Å². The number of nitrogens with one attached hydrogen (secondary N) is 1. The molecule has 82 valence electrons. The molecular formula is C12H10F2N2. The number of aromatic nitrogens is 1. The number of anilines is 2. The van der Waals surface area contributed by atoms with Crippen LogP contribution < -0.4 is 5.32 Å². The predicted octanol–water partition coefficient (Wildman–Crippen LogP) is 3.41. The molecule has 4 heteroatoms. The summed E-state index contributed by atoms with van der Waals surface area (Å²) in [5, 5.41) is 2.99. The van der Waals surface area contributed by atoms with Gasteiger partial charge in [-0.1, -0.05) is 0 Å². The van der Waals surface area contributed by atoms with E-state index in [0.717, 1.165) is 11.3 Å². The van der Waals surface area contributed by atoms with E-state index in [1.165, 1.54) is 24.4 Å². The Morgan fingerprint density at radius 3 is 2.62 bits per heavy atom. The van der Waals surface area contributed by atoms with Crippen molar-refractivity contribution in [1.29, 1.82) is 0 Å². The van der Waals surface area contributed by atoms with E-state index in [1.807, 2.05) is 0 Å². The van der Waals surface area contributed by atoms with Crippen LogP contribution in [-0.2, 0) is 0 Å². The Morgan fingerprint density at radius 1 is 1.12 bits per heavy atom. The highest BCUT2D eigenvalue weighted by Crippen LogP contribution is 2.20. The summed E-state index contributed by atoms with van der Waals surface area (Å²) in [6, 6.07) is 7.31. The van der Waals surface area contributed by atoms with E-state index < -0.39 is 5.95 Å². The second-order valence-electron chi connectivity index (χ2n) is 3.45. The third kappa shape index (κ3) is 2.34. The maximum absolute atomic E-state index is 12.9. The molecule has 2 aromatic rings. The van der Waals surface area contributed by atoms with Crippen LogP contribution in [0.15, 0.2) is 36.5 Å². The Bertz CT molecular complexity index is 512. The van der Waals surface area contributed by atoms with Gasteiger partial charge >= 0.3 is 0 Å². The predicted molar refractivity (Wildman–Crippen MR) is 58.6 cm³/mol. The number of rotatable bonds is 2. The van der Waals surface area contributed by atoms with Crippen molar-refractivity contribution >= 4 is 11.4 Å². The number of hydrogen-bond donors (Lipinski definition) is 1. The Balaban J connectivity index is 2.27. The molecule has 1 aromatic heterocycles. The Kier molecular flexibility index (Phi) is 2.81. The molecule has 0 fully saturated rings. The van der Waals surface area contributed by atoms with Crippen LogP contribution in [0, 0.1) is 18.7 Å². The van der Waals surface area contributed by atoms with Crippen molar-refractivity contribution in [2.75, 3.05) is 5.32 Å². The van der Waals surface area contributed by atoms with Gasteiger partial charge < -0.3 is 5.32 Å². The molecule has 1 heterocycles. The molecule has 0 unspecified atom stereocenters. The third-order valence-corrected chi connectivity index (χ3v) is 2.19. The molecule has 0 amide bonds. The van der Waals surface area contributed by atoms with E-state index in [2.05, 4.69) is 10.3 Å². The van der Waals surface area contributed by atoms with Gasteiger partial charge in [-0.2, -0.15) is 4.39 Å². The SMILES string of the molecule is Cc1cc(F)ccc1Nc1ccnc(F)c1. The van der Waals surface area contributed by atoms with Gasteiger partial charge in [0, 0.05) is 23.6 Å². The minimum absolute atomic E-state index is 0.288. The van der Waals surface area contributed by atoms with Crippen LogP contribution in [0.1, 0.15) is 5.56 Å². The largest absolute Gasteiger partial charge is 0.355 e. The molecule has 0 saturated heterocycles. The van der Waals surface area contributed by atoms with Gasteiger partial charge in [0.1, 0.15) is 5.82 Å². The standard InChI is InChI=1S/C12H10F2N2/c1-8-6-9(13)2-3-11(8)16-10-4-5-15-12(14)7-10/h2-7H,1H3,(H,15,16). The van der Waals surface area contributed by atoms with E-state index in [0.29, 0.717) is 5.69 Å². The molecule has 0 saturated carbocycles. The first-order valence-electron chi connectivity index (χ1n) is 4.80. The van der Waals surface area contributed by atoms with Gasteiger partial charge in [-0.05, 0) is 36.8 Å². The third-order valence-electron chi connectivity index (χ3n) is 2.19. The molecule has 0 radical (unpaired) electrons. The van der Waals surface area contributed by atoms with E-state index in [-0.39, 0.29) is 5.82 Å². The smallest absolute Gasteiger partial charge is 0.214 e. The first-order chi connectivity index (χ1) is 7.65. The molecule has 1 aromatic carbocycles. The summed E-state index contributed by atoms with van der Waals surface area (Å²) in [5.74, 6) is -0.839. The van der Waals surface area contributed by atoms with E-state index in [4.69, 9.17) is 0 Å². The fourth-order valence-electron chi connectivity index (χ4n) is 1.40. The minimum Gasteiger partial charge on any atom is -0.355 e. The molecule has 0 spiro atoms. The van der Waals surface area contributed by atoms with Crippen molar-refractivity contribution in [2.24, 2.45) is 0 Å². The lowest BCUT2D eigenvalue weighted by Gasteiger charge is -2.09. The first kappa shape index (κ1) is 10.5. The maximum Gasteiger partial charge on any atom is 0.214 e. The zero-order chi connectivity index (χ0) is 11.5. The fraction of sp³-hybridized carbons (Fsp3) is 0.0833. The topological polar surface area (TPSA) is 24.9 Å². The molecule has 0 aliphatic rings. The van der Waals surface area contributed by atoms with Gasteiger partial charge in [0.25, 0.3) is 0 Å². The maximum atomic E-state index is 12.9. The van der Waals surface area contributed by atoms with Gasteiger partial charge in [-0.25, -0.2) is 9.37 Å². The van der Waals surface area contributed by atoms with Crippen molar-refractivity contribution in [3.05, 3.63) is 53.9 Å².